The molecular weight excluding hydrogens is 612 g/mol. The lowest BCUT2D eigenvalue weighted by molar-refractivity contribution is -0.139. The Balaban J connectivity index is 1.70. The molecule has 1 fully saturated rings. The summed E-state index contributed by atoms with van der Waals surface area (Å²) in [4.78, 5) is 28.5. The van der Waals surface area contributed by atoms with Crippen LogP contribution in [0, 0.1) is 5.82 Å². The van der Waals surface area contributed by atoms with Crippen molar-refractivity contribution in [2.45, 2.75) is 56.1 Å². The highest BCUT2D eigenvalue weighted by Crippen LogP contribution is 2.29. The fraction of sp³-hybridized carbons (Fsp3) is 0.310. The van der Waals surface area contributed by atoms with E-state index in [1.807, 2.05) is 0 Å². The second-order valence-corrected chi connectivity index (χ2v) is 12.9. The first-order valence-corrected chi connectivity index (χ1v) is 15.6. The topological polar surface area (TPSA) is 86.8 Å². The number of carbonyl (C=O) groups is 2. The Morgan fingerprint density at radius 2 is 1.63 bits per heavy atom. The van der Waals surface area contributed by atoms with E-state index in [9.17, 15) is 22.4 Å². The van der Waals surface area contributed by atoms with Crippen molar-refractivity contribution in [2.24, 2.45) is 0 Å². The van der Waals surface area contributed by atoms with Gasteiger partial charge in [-0.05, 0) is 67.8 Å². The van der Waals surface area contributed by atoms with E-state index in [0.717, 1.165) is 42.1 Å². The quantitative estimate of drug-likeness (QED) is 0.276. The van der Waals surface area contributed by atoms with E-state index in [2.05, 4.69) is 5.32 Å². The van der Waals surface area contributed by atoms with Crippen LogP contribution in [0.3, 0.4) is 0 Å². The van der Waals surface area contributed by atoms with Gasteiger partial charge in [0.2, 0.25) is 11.8 Å². The normalized spacial score (nSPS) is 14.5. The van der Waals surface area contributed by atoms with Gasteiger partial charge < -0.3 is 10.2 Å². The van der Waals surface area contributed by atoms with Gasteiger partial charge in [0.25, 0.3) is 10.0 Å². The van der Waals surface area contributed by atoms with E-state index >= 15 is 0 Å². The molecule has 1 aliphatic carbocycles. The van der Waals surface area contributed by atoms with Gasteiger partial charge in [-0.2, -0.15) is 0 Å². The van der Waals surface area contributed by atoms with Gasteiger partial charge in [0, 0.05) is 12.6 Å². The van der Waals surface area contributed by atoms with Crippen LogP contribution >= 0.6 is 34.8 Å². The fourth-order valence-electron chi connectivity index (χ4n) is 4.70. The van der Waals surface area contributed by atoms with E-state index in [4.69, 9.17) is 34.8 Å². The molecule has 0 aliphatic heterocycles. The van der Waals surface area contributed by atoms with E-state index in [1.165, 1.54) is 23.1 Å². The molecule has 41 heavy (non-hydrogen) atoms. The number of sulfonamides is 1. The lowest BCUT2D eigenvalue weighted by Crippen LogP contribution is -2.52. The standard InChI is InChI=1S/C29H29Cl3FN3O4S/c1-19(29(38)34-21-7-5-6-8-21)35(17-20-11-13-24(30)25(31)15-20)28(37)18-36(22-12-14-27(33)26(32)16-22)41(39,40)23-9-3-2-4-10-23/h2-4,9-16,19,21H,5-8,17-18H2,1H3,(H,34,38)/t19-/m0/s1. The van der Waals surface area contributed by atoms with Crippen LogP contribution in [0.2, 0.25) is 15.1 Å². The highest BCUT2D eigenvalue weighted by molar-refractivity contribution is 7.92. The van der Waals surface area contributed by atoms with Gasteiger partial charge in [-0.1, -0.05) is 71.9 Å². The van der Waals surface area contributed by atoms with Gasteiger partial charge in [-0.25, -0.2) is 12.8 Å². The van der Waals surface area contributed by atoms with Crippen molar-refractivity contribution in [2.75, 3.05) is 10.8 Å². The van der Waals surface area contributed by atoms with Crippen LogP contribution in [0.4, 0.5) is 10.1 Å². The second kappa shape index (κ2) is 13.4. The number of carbonyl (C=O) groups excluding carboxylic acids is 2. The Kier molecular flexibility index (Phi) is 10.2. The molecule has 2 amide bonds. The number of amides is 2. The van der Waals surface area contributed by atoms with Crippen LogP contribution in [0.15, 0.2) is 71.6 Å². The number of rotatable bonds is 10. The zero-order chi connectivity index (χ0) is 29.7. The van der Waals surface area contributed by atoms with Crippen LogP contribution in [-0.4, -0.2) is 43.8 Å². The molecule has 3 aromatic rings. The summed E-state index contributed by atoms with van der Waals surface area (Å²) in [7, 11) is -4.30. The molecule has 4 rings (SSSR count). The summed E-state index contributed by atoms with van der Waals surface area (Å²) in [5, 5.41) is 3.30. The van der Waals surface area contributed by atoms with Gasteiger partial charge >= 0.3 is 0 Å². The highest BCUT2D eigenvalue weighted by Gasteiger charge is 2.33. The number of benzene rings is 3. The number of hydrogen-bond acceptors (Lipinski definition) is 4. The monoisotopic (exact) mass is 639 g/mol. The Hall–Kier alpha value is -2.85. The molecule has 0 bridgehead atoms. The minimum atomic E-state index is -4.30. The molecule has 0 aromatic heterocycles. The average molecular weight is 641 g/mol. The van der Waals surface area contributed by atoms with E-state index in [-0.39, 0.29) is 39.1 Å². The Morgan fingerprint density at radius 1 is 0.951 bits per heavy atom. The molecule has 3 aromatic carbocycles. The molecule has 7 nitrogen and oxygen atoms in total. The molecule has 12 heteroatoms. The lowest BCUT2D eigenvalue weighted by atomic mass is 10.1. The Morgan fingerprint density at radius 3 is 2.27 bits per heavy atom. The number of nitrogens with zero attached hydrogens (tertiary/aromatic N) is 2. The Labute approximate surface area is 254 Å². The fourth-order valence-corrected chi connectivity index (χ4v) is 6.62. The number of nitrogens with one attached hydrogen (secondary N) is 1. The summed E-state index contributed by atoms with van der Waals surface area (Å²) in [5.41, 5.74) is 0.585. The third kappa shape index (κ3) is 7.52. The van der Waals surface area contributed by atoms with Crippen molar-refractivity contribution in [3.05, 3.63) is 93.2 Å². The van der Waals surface area contributed by atoms with Gasteiger partial charge in [-0.3, -0.25) is 13.9 Å². The average Bonchev–Trinajstić information content (AvgIpc) is 3.46. The van der Waals surface area contributed by atoms with Crippen LogP contribution < -0.4 is 9.62 Å². The van der Waals surface area contributed by atoms with Crippen LogP contribution in [0.25, 0.3) is 0 Å². The molecule has 0 spiro atoms. The van der Waals surface area contributed by atoms with Crippen molar-refractivity contribution < 1.29 is 22.4 Å². The number of anilines is 1. The van der Waals surface area contributed by atoms with Crippen molar-refractivity contribution in [3.63, 3.8) is 0 Å². The molecule has 218 valence electrons. The molecule has 0 radical (unpaired) electrons. The third-order valence-electron chi connectivity index (χ3n) is 7.01. The van der Waals surface area contributed by atoms with E-state index in [1.54, 1.807) is 43.3 Å². The van der Waals surface area contributed by atoms with Crippen molar-refractivity contribution in [1.82, 2.24) is 10.2 Å². The summed E-state index contributed by atoms with van der Waals surface area (Å²) < 4.78 is 42.4. The highest BCUT2D eigenvalue weighted by atomic mass is 35.5. The van der Waals surface area contributed by atoms with E-state index in [0.29, 0.717) is 10.6 Å². The second-order valence-electron chi connectivity index (χ2n) is 9.86. The van der Waals surface area contributed by atoms with Gasteiger partial charge in [0.1, 0.15) is 18.4 Å². The maximum atomic E-state index is 14.0. The van der Waals surface area contributed by atoms with Gasteiger partial charge in [0.05, 0.1) is 25.7 Å². The van der Waals surface area contributed by atoms with Gasteiger partial charge in [-0.15, -0.1) is 0 Å². The first-order chi connectivity index (χ1) is 19.5. The minimum Gasteiger partial charge on any atom is -0.352 e. The predicted molar refractivity (Wildman–Crippen MR) is 159 cm³/mol. The van der Waals surface area contributed by atoms with Gasteiger partial charge in [0.15, 0.2) is 0 Å². The summed E-state index contributed by atoms with van der Waals surface area (Å²) in [5.74, 6) is -1.75. The smallest absolute Gasteiger partial charge is 0.264 e. The van der Waals surface area contributed by atoms with Crippen molar-refractivity contribution >= 4 is 62.3 Å². The molecule has 0 unspecified atom stereocenters. The van der Waals surface area contributed by atoms with Crippen molar-refractivity contribution in [3.8, 4) is 0 Å². The summed E-state index contributed by atoms with van der Waals surface area (Å²) in [6.45, 7) is 0.866. The van der Waals surface area contributed by atoms with Crippen molar-refractivity contribution in [1.29, 1.82) is 0 Å². The Bertz CT molecular complexity index is 1520. The molecule has 0 saturated heterocycles. The molecule has 1 atom stereocenters. The molecular formula is C29H29Cl3FN3O4S. The molecule has 0 heterocycles. The SMILES string of the molecule is C[C@@H](C(=O)NC1CCCC1)N(Cc1ccc(Cl)c(Cl)c1)C(=O)CN(c1ccc(F)c(Cl)c1)S(=O)(=O)c1ccccc1. The molecule has 1 saturated carbocycles. The summed E-state index contributed by atoms with van der Waals surface area (Å²) in [6.07, 6.45) is 3.73. The van der Waals surface area contributed by atoms with E-state index < -0.39 is 34.3 Å². The van der Waals surface area contributed by atoms with Crippen LogP contribution in [-0.2, 0) is 26.2 Å². The summed E-state index contributed by atoms with van der Waals surface area (Å²) >= 11 is 18.3. The maximum absolute atomic E-state index is 14.0. The first-order valence-electron chi connectivity index (χ1n) is 13.0. The molecule has 1 aliphatic rings. The third-order valence-corrected chi connectivity index (χ3v) is 9.82. The van der Waals surface area contributed by atoms with Crippen LogP contribution in [0.1, 0.15) is 38.2 Å². The predicted octanol–water partition coefficient (Wildman–Crippen LogP) is 6.46. The minimum absolute atomic E-state index is 0.00819. The molecule has 1 N–H and O–H groups in total. The lowest BCUT2D eigenvalue weighted by Gasteiger charge is -2.32. The maximum Gasteiger partial charge on any atom is 0.264 e. The largest absolute Gasteiger partial charge is 0.352 e. The summed E-state index contributed by atoms with van der Waals surface area (Å²) in [6, 6.07) is 14.9. The van der Waals surface area contributed by atoms with Crippen LogP contribution in [0.5, 0.6) is 0 Å². The zero-order valence-corrected chi connectivity index (χ0v) is 25.3. The first kappa shape index (κ1) is 31.1. The number of hydrogen-bond donors (Lipinski definition) is 1. The number of halogens is 4. The zero-order valence-electron chi connectivity index (χ0n) is 22.2.